The molecular formula is C25H31N7O3S. The van der Waals surface area contributed by atoms with Crippen LogP contribution in [-0.2, 0) is 28.6 Å². The van der Waals surface area contributed by atoms with Crippen molar-refractivity contribution in [3.63, 3.8) is 0 Å². The molecule has 4 heterocycles. The Bertz CT molecular complexity index is 1460. The molecule has 0 unspecified atom stereocenters. The molecule has 0 aliphatic rings. The maximum absolute atomic E-state index is 13.6. The maximum Gasteiger partial charge on any atom is 0.182 e. The van der Waals surface area contributed by atoms with Crippen molar-refractivity contribution in [2.24, 2.45) is 0 Å². The highest BCUT2D eigenvalue weighted by molar-refractivity contribution is 7.91. The largest absolute Gasteiger partial charge is 0.361 e. The molecular weight excluding hydrogens is 478 g/mol. The fourth-order valence-corrected chi connectivity index (χ4v) is 5.64. The number of rotatable bonds is 9. The van der Waals surface area contributed by atoms with E-state index in [0.717, 1.165) is 22.6 Å². The van der Waals surface area contributed by atoms with Gasteiger partial charge in [-0.1, -0.05) is 25.1 Å². The summed E-state index contributed by atoms with van der Waals surface area (Å²) < 4.78 is 34.3. The summed E-state index contributed by atoms with van der Waals surface area (Å²) in [7, 11) is -3.63. The van der Waals surface area contributed by atoms with E-state index in [1.165, 1.54) is 0 Å². The summed E-state index contributed by atoms with van der Waals surface area (Å²) in [4.78, 5) is 13.2. The van der Waals surface area contributed by atoms with Gasteiger partial charge in [-0.3, -0.25) is 9.97 Å². The first-order valence-electron chi connectivity index (χ1n) is 11.9. The number of aromatic nitrogens is 7. The summed E-state index contributed by atoms with van der Waals surface area (Å²) in [5.74, 6) is 0.895. The van der Waals surface area contributed by atoms with E-state index in [1.807, 2.05) is 52.8 Å². The highest BCUT2D eigenvalue weighted by Gasteiger charge is 2.31. The van der Waals surface area contributed by atoms with Crippen molar-refractivity contribution in [2.45, 2.75) is 71.4 Å². The van der Waals surface area contributed by atoms with Gasteiger partial charge in [0.05, 0.1) is 28.9 Å². The molecule has 10 nitrogen and oxygen atoms in total. The minimum atomic E-state index is -3.63. The van der Waals surface area contributed by atoms with E-state index in [4.69, 9.17) is 4.52 Å². The molecule has 0 aliphatic heterocycles. The SMILES string of the molecule is CCc1noc(C)c1Cn1c(CS(=O)(=O)[C@@H](C)[C@H](C)c2cnc(C)cn2)nnc1-c1cccc(C)n1. The van der Waals surface area contributed by atoms with Gasteiger partial charge in [0.15, 0.2) is 15.7 Å². The van der Waals surface area contributed by atoms with Crippen LogP contribution in [0.15, 0.2) is 35.1 Å². The third-order valence-corrected chi connectivity index (χ3v) is 8.73. The standard InChI is InChI=1S/C25H31N7O3S/c1-7-21-20(18(5)35-31-21)13-32-24(29-30-25(32)22-10-8-9-15(2)28-22)14-36(33,34)19(6)17(4)23-12-26-16(3)11-27-23/h8-12,17,19H,7,13-14H2,1-6H3/t17-,19-/m0/s1. The Labute approximate surface area is 211 Å². The summed E-state index contributed by atoms with van der Waals surface area (Å²) in [6, 6.07) is 5.63. The van der Waals surface area contributed by atoms with Crippen molar-refractivity contribution in [3.8, 4) is 11.5 Å². The zero-order valence-corrected chi connectivity index (χ0v) is 22.2. The molecule has 0 radical (unpaired) electrons. The zero-order valence-electron chi connectivity index (χ0n) is 21.4. The first kappa shape index (κ1) is 25.6. The van der Waals surface area contributed by atoms with Gasteiger partial charge in [-0.05, 0) is 46.2 Å². The molecule has 4 aromatic heterocycles. The molecule has 4 rings (SSSR count). The fourth-order valence-electron chi connectivity index (χ4n) is 4.04. The molecule has 0 amide bonds. The van der Waals surface area contributed by atoms with E-state index in [0.29, 0.717) is 41.8 Å². The first-order valence-corrected chi connectivity index (χ1v) is 13.6. The lowest BCUT2D eigenvalue weighted by Gasteiger charge is -2.20. The lowest BCUT2D eigenvalue weighted by molar-refractivity contribution is 0.390. The minimum Gasteiger partial charge on any atom is -0.361 e. The third-order valence-electron chi connectivity index (χ3n) is 6.53. The van der Waals surface area contributed by atoms with Crippen LogP contribution in [0.25, 0.3) is 11.5 Å². The van der Waals surface area contributed by atoms with Crippen molar-refractivity contribution in [1.29, 1.82) is 0 Å². The van der Waals surface area contributed by atoms with Crippen LogP contribution in [-0.4, -0.2) is 48.5 Å². The van der Waals surface area contributed by atoms with Gasteiger partial charge in [0.25, 0.3) is 0 Å². The van der Waals surface area contributed by atoms with Gasteiger partial charge in [0.1, 0.15) is 23.0 Å². The molecule has 0 aliphatic carbocycles. The van der Waals surface area contributed by atoms with Crippen molar-refractivity contribution in [1.82, 2.24) is 34.9 Å². The van der Waals surface area contributed by atoms with Gasteiger partial charge in [0, 0.05) is 29.6 Å². The average Bonchev–Trinajstić information content (AvgIpc) is 3.41. The van der Waals surface area contributed by atoms with E-state index in [9.17, 15) is 8.42 Å². The summed E-state index contributed by atoms with van der Waals surface area (Å²) in [5, 5.41) is 12.1. The van der Waals surface area contributed by atoms with Crippen molar-refractivity contribution < 1.29 is 12.9 Å². The smallest absolute Gasteiger partial charge is 0.182 e. The Morgan fingerprint density at radius 3 is 2.47 bits per heavy atom. The Hall–Kier alpha value is -3.47. The predicted molar refractivity (Wildman–Crippen MR) is 135 cm³/mol. The zero-order chi connectivity index (χ0) is 26.0. The fraction of sp³-hybridized carbons (Fsp3) is 0.440. The number of sulfone groups is 1. The second-order valence-electron chi connectivity index (χ2n) is 9.09. The van der Waals surface area contributed by atoms with Crippen LogP contribution in [0.3, 0.4) is 0 Å². The molecule has 4 aromatic rings. The first-order chi connectivity index (χ1) is 17.1. The molecule has 0 saturated heterocycles. The van der Waals surface area contributed by atoms with E-state index >= 15 is 0 Å². The molecule has 0 fully saturated rings. The lowest BCUT2D eigenvalue weighted by Crippen LogP contribution is -2.27. The summed E-state index contributed by atoms with van der Waals surface area (Å²) >= 11 is 0. The molecule has 2 atom stereocenters. The molecule has 0 N–H and O–H groups in total. The highest BCUT2D eigenvalue weighted by Crippen LogP contribution is 2.27. The van der Waals surface area contributed by atoms with Crippen molar-refractivity contribution in [2.75, 3.05) is 0 Å². The molecule has 0 aromatic carbocycles. The van der Waals surface area contributed by atoms with E-state index in [1.54, 1.807) is 23.9 Å². The second kappa shape index (κ2) is 10.3. The number of pyridine rings is 1. The second-order valence-corrected chi connectivity index (χ2v) is 11.4. The van der Waals surface area contributed by atoms with Crippen molar-refractivity contribution in [3.05, 3.63) is 70.5 Å². The van der Waals surface area contributed by atoms with Gasteiger partial charge in [-0.15, -0.1) is 10.2 Å². The predicted octanol–water partition coefficient (Wildman–Crippen LogP) is 3.76. The van der Waals surface area contributed by atoms with E-state index < -0.39 is 15.1 Å². The van der Waals surface area contributed by atoms with Gasteiger partial charge in [-0.25, -0.2) is 13.4 Å². The van der Waals surface area contributed by atoms with Crippen LogP contribution in [0.4, 0.5) is 0 Å². The van der Waals surface area contributed by atoms with Crippen molar-refractivity contribution >= 4 is 9.84 Å². The van der Waals surface area contributed by atoms with Crippen LogP contribution >= 0.6 is 0 Å². The Kier molecular flexibility index (Phi) is 7.30. The number of hydrogen-bond donors (Lipinski definition) is 0. The normalized spacial score (nSPS) is 13.6. The molecule has 0 spiro atoms. The number of aryl methyl sites for hydroxylation is 4. The van der Waals surface area contributed by atoms with Gasteiger partial charge in [-0.2, -0.15) is 0 Å². The monoisotopic (exact) mass is 509 g/mol. The molecule has 36 heavy (non-hydrogen) atoms. The third kappa shape index (κ3) is 5.20. The van der Waals surface area contributed by atoms with Crippen LogP contribution < -0.4 is 0 Å². The van der Waals surface area contributed by atoms with E-state index in [-0.39, 0.29) is 11.7 Å². The van der Waals surface area contributed by atoms with E-state index in [2.05, 4.69) is 30.3 Å². The van der Waals surface area contributed by atoms with Gasteiger partial charge >= 0.3 is 0 Å². The molecule has 190 valence electrons. The van der Waals surface area contributed by atoms with Crippen LogP contribution in [0.2, 0.25) is 0 Å². The van der Waals surface area contributed by atoms with Crippen LogP contribution in [0, 0.1) is 20.8 Å². The maximum atomic E-state index is 13.6. The minimum absolute atomic E-state index is 0.275. The van der Waals surface area contributed by atoms with Gasteiger partial charge < -0.3 is 9.09 Å². The van der Waals surface area contributed by atoms with Gasteiger partial charge in [0.2, 0.25) is 0 Å². The highest BCUT2D eigenvalue weighted by atomic mass is 32.2. The van der Waals surface area contributed by atoms with Crippen LogP contribution in [0.5, 0.6) is 0 Å². The Morgan fingerprint density at radius 2 is 1.81 bits per heavy atom. The molecule has 11 heteroatoms. The Morgan fingerprint density at radius 1 is 1.03 bits per heavy atom. The quantitative estimate of drug-likeness (QED) is 0.331. The average molecular weight is 510 g/mol. The molecule has 0 bridgehead atoms. The number of nitrogens with zero attached hydrogens (tertiary/aromatic N) is 7. The summed E-state index contributed by atoms with van der Waals surface area (Å²) in [5.41, 5.74) is 4.57. The Balaban J connectivity index is 1.72. The van der Waals surface area contributed by atoms with Crippen LogP contribution in [0.1, 0.15) is 66.6 Å². The molecule has 0 saturated carbocycles. The lowest BCUT2D eigenvalue weighted by atomic mass is 10.1. The summed E-state index contributed by atoms with van der Waals surface area (Å²) in [6.45, 7) is 11.5. The topological polar surface area (TPSA) is 130 Å². The summed E-state index contributed by atoms with van der Waals surface area (Å²) in [6.07, 6.45) is 3.97. The number of hydrogen-bond acceptors (Lipinski definition) is 9.